The minimum atomic E-state index is -0.591. The lowest BCUT2D eigenvalue weighted by molar-refractivity contribution is -0.129. The van der Waals surface area contributed by atoms with Crippen LogP contribution in [0.5, 0.6) is 5.75 Å². The molecule has 2 aromatic carbocycles. The first-order chi connectivity index (χ1) is 14.9. The number of fused-ring (bicyclic) bond motifs is 2. The summed E-state index contributed by atoms with van der Waals surface area (Å²) >= 11 is 1.29. The summed E-state index contributed by atoms with van der Waals surface area (Å²) < 4.78 is 5.71. The molecule has 3 amide bonds. The molecule has 1 aliphatic rings. The number of amides is 3. The molecule has 1 aliphatic heterocycles. The standard InChI is InChI=1S/C23H23N3O4S/c1-3-30-17-9-8-14-6-4-5-7-15(14)19(17)22(29)25-23-20(21(24)28)16-10-11-26(13(2)27)12-18(16)31-23/h4-9H,3,10-12H2,1-2H3,(H2,24,28)(H,25,29). The highest BCUT2D eigenvalue weighted by Crippen LogP contribution is 2.38. The van der Waals surface area contributed by atoms with Crippen molar-refractivity contribution in [2.24, 2.45) is 5.73 Å². The zero-order chi connectivity index (χ0) is 22.1. The molecule has 0 saturated heterocycles. The predicted molar refractivity (Wildman–Crippen MR) is 121 cm³/mol. The van der Waals surface area contributed by atoms with Gasteiger partial charge >= 0.3 is 0 Å². The third kappa shape index (κ3) is 3.86. The van der Waals surface area contributed by atoms with Gasteiger partial charge in [-0.05, 0) is 35.7 Å². The third-order valence-corrected chi connectivity index (χ3v) is 6.53. The molecule has 160 valence electrons. The first-order valence-electron chi connectivity index (χ1n) is 10.1. The molecule has 0 unspecified atom stereocenters. The van der Waals surface area contributed by atoms with E-state index < -0.39 is 5.91 Å². The van der Waals surface area contributed by atoms with Crippen molar-refractivity contribution < 1.29 is 19.1 Å². The van der Waals surface area contributed by atoms with Crippen molar-refractivity contribution in [2.45, 2.75) is 26.8 Å². The second-order valence-corrected chi connectivity index (χ2v) is 8.41. The van der Waals surface area contributed by atoms with Crippen LogP contribution in [-0.4, -0.2) is 35.8 Å². The molecule has 0 saturated carbocycles. The van der Waals surface area contributed by atoms with Gasteiger partial charge in [-0.2, -0.15) is 0 Å². The Bertz CT molecular complexity index is 1200. The van der Waals surface area contributed by atoms with Crippen LogP contribution >= 0.6 is 11.3 Å². The maximum atomic E-state index is 13.4. The Balaban J connectivity index is 1.75. The van der Waals surface area contributed by atoms with E-state index in [1.807, 2.05) is 37.3 Å². The summed E-state index contributed by atoms with van der Waals surface area (Å²) in [5.74, 6) is -0.512. The first-order valence-corrected chi connectivity index (χ1v) is 10.9. The van der Waals surface area contributed by atoms with Gasteiger partial charge in [0.2, 0.25) is 5.91 Å². The molecule has 8 heteroatoms. The van der Waals surface area contributed by atoms with E-state index in [0.29, 0.717) is 48.0 Å². The van der Waals surface area contributed by atoms with E-state index in [1.165, 1.54) is 18.3 Å². The van der Waals surface area contributed by atoms with Crippen LogP contribution in [0.3, 0.4) is 0 Å². The second kappa shape index (κ2) is 8.39. The van der Waals surface area contributed by atoms with Crippen molar-refractivity contribution in [3.05, 3.63) is 58.0 Å². The SMILES string of the molecule is CCOc1ccc2ccccc2c1C(=O)Nc1sc2c(c1C(N)=O)CCN(C(C)=O)C2. The molecule has 0 spiro atoms. The molecule has 4 rings (SSSR count). The molecule has 3 N–H and O–H groups in total. The summed E-state index contributed by atoms with van der Waals surface area (Å²) in [5.41, 5.74) is 7.22. The number of hydrogen-bond donors (Lipinski definition) is 2. The average Bonchev–Trinajstić information content (AvgIpc) is 3.10. The fraction of sp³-hybridized carbons (Fsp3) is 0.261. The number of rotatable bonds is 5. The van der Waals surface area contributed by atoms with E-state index in [4.69, 9.17) is 10.5 Å². The van der Waals surface area contributed by atoms with Crippen LogP contribution in [-0.2, 0) is 17.8 Å². The fourth-order valence-electron chi connectivity index (χ4n) is 3.95. The van der Waals surface area contributed by atoms with Gasteiger partial charge in [-0.1, -0.05) is 30.3 Å². The highest BCUT2D eigenvalue weighted by molar-refractivity contribution is 7.17. The smallest absolute Gasteiger partial charge is 0.260 e. The summed E-state index contributed by atoms with van der Waals surface area (Å²) in [5, 5.41) is 4.97. The van der Waals surface area contributed by atoms with Crippen LogP contribution in [0.1, 0.15) is 45.0 Å². The van der Waals surface area contributed by atoms with Crippen molar-refractivity contribution in [3.8, 4) is 5.75 Å². The maximum absolute atomic E-state index is 13.4. The summed E-state index contributed by atoms with van der Waals surface area (Å²) in [7, 11) is 0. The molecule has 2 heterocycles. The maximum Gasteiger partial charge on any atom is 0.260 e. The number of ether oxygens (including phenoxy) is 1. The van der Waals surface area contributed by atoms with Crippen molar-refractivity contribution in [1.29, 1.82) is 0 Å². The molecule has 3 aromatic rings. The Morgan fingerprint density at radius 3 is 2.65 bits per heavy atom. The largest absolute Gasteiger partial charge is 0.493 e. The monoisotopic (exact) mass is 437 g/mol. The van der Waals surface area contributed by atoms with Gasteiger partial charge in [-0.25, -0.2) is 0 Å². The number of benzene rings is 2. The topological polar surface area (TPSA) is 102 Å². The molecule has 31 heavy (non-hydrogen) atoms. The minimum Gasteiger partial charge on any atom is -0.493 e. The van der Waals surface area contributed by atoms with Crippen LogP contribution in [0.15, 0.2) is 36.4 Å². The number of carbonyl (C=O) groups is 3. The Morgan fingerprint density at radius 1 is 1.16 bits per heavy atom. The van der Waals surface area contributed by atoms with Crippen molar-refractivity contribution in [2.75, 3.05) is 18.5 Å². The zero-order valence-electron chi connectivity index (χ0n) is 17.4. The van der Waals surface area contributed by atoms with Gasteiger partial charge in [0.15, 0.2) is 0 Å². The number of carbonyl (C=O) groups excluding carboxylic acids is 3. The molecular weight excluding hydrogens is 414 g/mol. The number of primary amides is 1. The van der Waals surface area contributed by atoms with Gasteiger partial charge in [-0.3, -0.25) is 14.4 Å². The average molecular weight is 438 g/mol. The van der Waals surface area contributed by atoms with E-state index in [2.05, 4.69) is 5.32 Å². The molecular formula is C23H23N3O4S. The lowest BCUT2D eigenvalue weighted by atomic mass is 10.0. The van der Waals surface area contributed by atoms with E-state index in [0.717, 1.165) is 21.2 Å². The number of hydrogen-bond acceptors (Lipinski definition) is 5. The summed E-state index contributed by atoms with van der Waals surface area (Å²) in [6.07, 6.45) is 0.526. The first kappa shape index (κ1) is 20.9. The number of nitrogens with zero attached hydrogens (tertiary/aromatic N) is 1. The van der Waals surface area contributed by atoms with Gasteiger partial charge in [-0.15, -0.1) is 11.3 Å². The van der Waals surface area contributed by atoms with Crippen LogP contribution in [0.25, 0.3) is 10.8 Å². The number of anilines is 1. The zero-order valence-corrected chi connectivity index (χ0v) is 18.2. The van der Waals surface area contributed by atoms with Gasteiger partial charge in [0.25, 0.3) is 11.8 Å². The van der Waals surface area contributed by atoms with Crippen LogP contribution in [0.2, 0.25) is 0 Å². The molecule has 0 bridgehead atoms. The lowest BCUT2D eigenvalue weighted by Crippen LogP contribution is -2.34. The van der Waals surface area contributed by atoms with Crippen LogP contribution in [0.4, 0.5) is 5.00 Å². The van der Waals surface area contributed by atoms with E-state index >= 15 is 0 Å². The Labute approximate surface area is 183 Å². The Morgan fingerprint density at radius 2 is 1.94 bits per heavy atom. The Kier molecular flexibility index (Phi) is 5.65. The van der Waals surface area contributed by atoms with Gasteiger partial charge in [0, 0.05) is 18.3 Å². The van der Waals surface area contributed by atoms with E-state index in [-0.39, 0.29) is 11.8 Å². The quantitative estimate of drug-likeness (QED) is 0.637. The van der Waals surface area contributed by atoms with Crippen molar-refractivity contribution in [3.63, 3.8) is 0 Å². The summed E-state index contributed by atoms with van der Waals surface area (Å²) in [6, 6.07) is 11.3. The van der Waals surface area contributed by atoms with Crippen LogP contribution < -0.4 is 15.8 Å². The normalized spacial score (nSPS) is 13.0. The number of thiophene rings is 1. The van der Waals surface area contributed by atoms with Gasteiger partial charge in [0.1, 0.15) is 10.8 Å². The number of nitrogens with two attached hydrogens (primary N) is 1. The highest BCUT2D eigenvalue weighted by atomic mass is 32.1. The molecule has 1 aromatic heterocycles. The highest BCUT2D eigenvalue weighted by Gasteiger charge is 2.29. The third-order valence-electron chi connectivity index (χ3n) is 5.39. The van der Waals surface area contributed by atoms with Gasteiger partial charge in [0.05, 0.1) is 24.3 Å². The van der Waals surface area contributed by atoms with Gasteiger partial charge < -0.3 is 20.7 Å². The second-order valence-electron chi connectivity index (χ2n) is 7.31. The summed E-state index contributed by atoms with van der Waals surface area (Å²) in [4.78, 5) is 40.0. The van der Waals surface area contributed by atoms with Crippen molar-refractivity contribution >= 4 is 44.8 Å². The molecule has 7 nitrogen and oxygen atoms in total. The van der Waals surface area contributed by atoms with Crippen molar-refractivity contribution in [1.82, 2.24) is 4.90 Å². The molecule has 0 fully saturated rings. The Hall–Kier alpha value is -3.39. The fourth-order valence-corrected chi connectivity index (χ4v) is 5.21. The predicted octanol–water partition coefficient (Wildman–Crippen LogP) is 3.56. The molecule has 0 aliphatic carbocycles. The molecule has 0 atom stereocenters. The van der Waals surface area contributed by atoms with Crippen LogP contribution in [0, 0.1) is 0 Å². The summed E-state index contributed by atoms with van der Waals surface area (Å²) in [6.45, 7) is 4.72. The number of nitrogens with one attached hydrogen (secondary N) is 1. The van der Waals surface area contributed by atoms with E-state index in [1.54, 1.807) is 11.0 Å². The molecule has 0 radical (unpaired) electrons. The lowest BCUT2D eigenvalue weighted by Gasteiger charge is -2.25. The minimum absolute atomic E-state index is 0.0256. The van der Waals surface area contributed by atoms with E-state index in [9.17, 15) is 14.4 Å².